The highest BCUT2D eigenvalue weighted by molar-refractivity contribution is 5.28. The molecule has 0 aliphatic carbocycles. The zero-order valence-corrected chi connectivity index (χ0v) is 11.3. The van der Waals surface area contributed by atoms with Crippen LogP contribution in [0.2, 0.25) is 0 Å². The molecule has 0 radical (unpaired) electrons. The van der Waals surface area contributed by atoms with Gasteiger partial charge in [-0.1, -0.05) is 29.3 Å². The minimum absolute atomic E-state index is 0.737. The van der Waals surface area contributed by atoms with Gasteiger partial charge in [-0.25, -0.2) is 0 Å². The Bertz CT molecular complexity index is 353. The number of nitrogens with zero attached hydrogens (tertiary/aromatic N) is 1. The lowest BCUT2D eigenvalue weighted by Gasteiger charge is -2.19. The van der Waals surface area contributed by atoms with Gasteiger partial charge in [-0.05, 0) is 45.8 Å². The number of rotatable bonds is 4. The first kappa shape index (κ1) is 12.6. The Morgan fingerprint density at radius 3 is 2.53 bits per heavy atom. The van der Waals surface area contributed by atoms with Crippen molar-refractivity contribution in [3.05, 3.63) is 34.9 Å². The lowest BCUT2D eigenvalue weighted by atomic mass is 10.1. The van der Waals surface area contributed by atoms with E-state index in [2.05, 4.69) is 49.3 Å². The van der Waals surface area contributed by atoms with Crippen molar-refractivity contribution in [2.45, 2.75) is 39.3 Å². The van der Waals surface area contributed by atoms with E-state index >= 15 is 0 Å². The molecule has 2 nitrogen and oxygen atoms in total. The fourth-order valence-corrected chi connectivity index (χ4v) is 2.79. The van der Waals surface area contributed by atoms with Crippen LogP contribution >= 0.6 is 0 Å². The van der Waals surface area contributed by atoms with Crippen molar-refractivity contribution in [3.63, 3.8) is 0 Å². The Kier molecular flexibility index (Phi) is 4.19. The van der Waals surface area contributed by atoms with Crippen LogP contribution < -0.4 is 5.32 Å². The lowest BCUT2D eigenvalue weighted by molar-refractivity contribution is 0.300. The molecular weight excluding hydrogens is 208 g/mol. The Balaban J connectivity index is 1.81. The molecule has 1 N–H and O–H groups in total. The van der Waals surface area contributed by atoms with Crippen LogP contribution in [0.5, 0.6) is 0 Å². The molecule has 2 rings (SSSR count). The first-order valence-electron chi connectivity index (χ1n) is 6.63. The highest BCUT2D eigenvalue weighted by Gasteiger charge is 2.19. The van der Waals surface area contributed by atoms with E-state index in [0.29, 0.717) is 0 Å². The molecule has 2 heteroatoms. The maximum Gasteiger partial charge on any atom is 0.0218 e. The third kappa shape index (κ3) is 3.55. The summed E-state index contributed by atoms with van der Waals surface area (Å²) in [7, 11) is 2.23. The van der Waals surface area contributed by atoms with Gasteiger partial charge in [0.25, 0.3) is 0 Å². The summed E-state index contributed by atoms with van der Waals surface area (Å²) in [6, 6.07) is 7.52. The predicted molar refractivity (Wildman–Crippen MR) is 73.3 cm³/mol. The summed E-state index contributed by atoms with van der Waals surface area (Å²) in [5.74, 6) is 0. The number of benzene rings is 1. The van der Waals surface area contributed by atoms with E-state index in [4.69, 9.17) is 0 Å². The predicted octanol–water partition coefficient (Wildman–Crippen LogP) is 2.49. The van der Waals surface area contributed by atoms with Crippen LogP contribution in [-0.2, 0) is 6.54 Å². The molecular formula is C15H24N2. The summed E-state index contributed by atoms with van der Waals surface area (Å²) < 4.78 is 0. The lowest BCUT2D eigenvalue weighted by Crippen LogP contribution is -2.35. The fraction of sp³-hybridized carbons (Fsp3) is 0.600. The highest BCUT2D eigenvalue weighted by Crippen LogP contribution is 2.14. The van der Waals surface area contributed by atoms with Crippen molar-refractivity contribution in [2.75, 3.05) is 20.1 Å². The SMILES string of the molecule is Cc1cc(C)cc(CNCC2CCCN2C)c1. The maximum atomic E-state index is 3.59. The van der Waals surface area contributed by atoms with Crippen molar-refractivity contribution in [2.24, 2.45) is 0 Å². The first-order chi connectivity index (χ1) is 8.15. The zero-order valence-electron chi connectivity index (χ0n) is 11.3. The molecule has 1 aromatic rings. The summed E-state index contributed by atoms with van der Waals surface area (Å²) in [5, 5.41) is 3.59. The van der Waals surface area contributed by atoms with Gasteiger partial charge in [0.2, 0.25) is 0 Å². The molecule has 0 aromatic heterocycles. The molecule has 1 aliphatic rings. The van der Waals surface area contributed by atoms with Crippen LogP contribution in [-0.4, -0.2) is 31.1 Å². The van der Waals surface area contributed by atoms with E-state index in [-0.39, 0.29) is 0 Å². The van der Waals surface area contributed by atoms with Crippen LogP contribution in [0.25, 0.3) is 0 Å². The third-order valence-electron chi connectivity index (χ3n) is 3.66. The van der Waals surface area contributed by atoms with Crippen molar-refractivity contribution in [1.82, 2.24) is 10.2 Å². The molecule has 1 saturated heterocycles. The average Bonchev–Trinajstić information content (AvgIpc) is 2.63. The zero-order chi connectivity index (χ0) is 12.3. The number of hydrogen-bond donors (Lipinski definition) is 1. The minimum Gasteiger partial charge on any atom is -0.311 e. The summed E-state index contributed by atoms with van der Waals surface area (Å²) in [6.45, 7) is 7.70. The van der Waals surface area contributed by atoms with E-state index in [1.54, 1.807) is 0 Å². The van der Waals surface area contributed by atoms with Crippen molar-refractivity contribution >= 4 is 0 Å². The monoisotopic (exact) mass is 232 g/mol. The van der Waals surface area contributed by atoms with Gasteiger partial charge in [-0.2, -0.15) is 0 Å². The molecule has 1 unspecified atom stereocenters. The summed E-state index contributed by atoms with van der Waals surface area (Å²) in [5.41, 5.74) is 4.13. The number of likely N-dealkylation sites (tertiary alicyclic amines) is 1. The van der Waals surface area contributed by atoms with E-state index in [1.165, 1.54) is 36.1 Å². The van der Waals surface area contributed by atoms with Crippen molar-refractivity contribution in [3.8, 4) is 0 Å². The second kappa shape index (κ2) is 5.65. The van der Waals surface area contributed by atoms with Crippen LogP contribution in [0.1, 0.15) is 29.5 Å². The van der Waals surface area contributed by atoms with Gasteiger partial charge in [0, 0.05) is 19.1 Å². The van der Waals surface area contributed by atoms with E-state index in [9.17, 15) is 0 Å². The quantitative estimate of drug-likeness (QED) is 0.858. The highest BCUT2D eigenvalue weighted by atomic mass is 15.2. The van der Waals surface area contributed by atoms with E-state index in [0.717, 1.165) is 19.1 Å². The maximum absolute atomic E-state index is 3.59. The summed E-state index contributed by atoms with van der Waals surface area (Å²) in [6.07, 6.45) is 2.70. The molecule has 1 atom stereocenters. The van der Waals surface area contributed by atoms with Crippen molar-refractivity contribution < 1.29 is 0 Å². The Hall–Kier alpha value is -0.860. The summed E-state index contributed by atoms with van der Waals surface area (Å²) >= 11 is 0. The molecule has 0 saturated carbocycles. The fourth-order valence-electron chi connectivity index (χ4n) is 2.79. The molecule has 17 heavy (non-hydrogen) atoms. The number of nitrogens with one attached hydrogen (secondary N) is 1. The van der Waals surface area contributed by atoms with Gasteiger partial charge in [0.15, 0.2) is 0 Å². The van der Waals surface area contributed by atoms with Crippen LogP contribution in [0, 0.1) is 13.8 Å². The number of aryl methyl sites for hydroxylation is 2. The largest absolute Gasteiger partial charge is 0.311 e. The van der Waals surface area contributed by atoms with Gasteiger partial charge in [0.1, 0.15) is 0 Å². The summed E-state index contributed by atoms with van der Waals surface area (Å²) in [4.78, 5) is 2.47. The van der Waals surface area contributed by atoms with Crippen LogP contribution in [0.15, 0.2) is 18.2 Å². The number of likely N-dealkylation sites (N-methyl/N-ethyl adjacent to an activating group) is 1. The van der Waals surface area contributed by atoms with Gasteiger partial charge in [-0.3, -0.25) is 0 Å². The van der Waals surface area contributed by atoms with Gasteiger partial charge >= 0.3 is 0 Å². The molecule has 0 spiro atoms. The molecule has 0 amide bonds. The second-order valence-electron chi connectivity index (χ2n) is 5.40. The number of hydrogen-bond acceptors (Lipinski definition) is 2. The topological polar surface area (TPSA) is 15.3 Å². The van der Waals surface area contributed by atoms with Gasteiger partial charge < -0.3 is 10.2 Å². The molecule has 1 aliphatic heterocycles. The molecule has 0 bridgehead atoms. The van der Waals surface area contributed by atoms with Crippen molar-refractivity contribution in [1.29, 1.82) is 0 Å². The molecule has 1 aromatic carbocycles. The average molecular weight is 232 g/mol. The second-order valence-corrected chi connectivity index (χ2v) is 5.40. The Morgan fingerprint density at radius 2 is 1.94 bits per heavy atom. The van der Waals surface area contributed by atoms with Gasteiger partial charge in [-0.15, -0.1) is 0 Å². The first-order valence-corrected chi connectivity index (χ1v) is 6.63. The third-order valence-corrected chi connectivity index (χ3v) is 3.66. The smallest absolute Gasteiger partial charge is 0.0218 e. The normalized spacial score (nSPS) is 21.0. The molecule has 94 valence electrons. The van der Waals surface area contributed by atoms with Crippen LogP contribution in [0.3, 0.4) is 0 Å². The van der Waals surface area contributed by atoms with E-state index in [1.807, 2.05) is 0 Å². The van der Waals surface area contributed by atoms with Crippen LogP contribution in [0.4, 0.5) is 0 Å². The van der Waals surface area contributed by atoms with Gasteiger partial charge in [0.05, 0.1) is 0 Å². The Labute approximate surface area is 105 Å². The Morgan fingerprint density at radius 1 is 1.24 bits per heavy atom. The molecule has 1 heterocycles. The standard InChI is InChI=1S/C15H24N2/c1-12-7-13(2)9-14(8-12)10-16-11-15-5-4-6-17(15)3/h7-9,15-16H,4-6,10-11H2,1-3H3. The van der Waals surface area contributed by atoms with E-state index < -0.39 is 0 Å². The molecule has 1 fully saturated rings. The minimum atomic E-state index is 0.737.